The molecule has 3 aromatic rings. The molecule has 0 bridgehead atoms. The molecule has 4 rings (SSSR count). The predicted octanol–water partition coefficient (Wildman–Crippen LogP) is 5.56. The lowest BCUT2D eigenvalue weighted by Crippen LogP contribution is -2.49. The first-order chi connectivity index (χ1) is 17.8. The van der Waals surface area contributed by atoms with Crippen LogP contribution >= 0.6 is 15.9 Å². The molecule has 9 heteroatoms. The van der Waals surface area contributed by atoms with Crippen molar-refractivity contribution < 1.29 is 17.9 Å². The molecule has 1 amide bonds. The molecule has 7 nitrogen and oxygen atoms in total. The van der Waals surface area contributed by atoms with Crippen molar-refractivity contribution in [3.05, 3.63) is 82.3 Å². The number of nitrogens with one attached hydrogen (secondary N) is 1. The number of rotatable bonds is 9. The number of hydrogen-bond donors (Lipinski definition) is 1. The van der Waals surface area contributed by atoms with Crippen molar-refractivity contribution in [1.82, 2.24) is 4.90 Å². The Morgan fingerprint density at radius 3 is 2.38 bits per heavy atom. The van der Waals surface area contributed by atoms with Crippen LogP contribution in [0.3, 0.4) is 0 Å². The molecule has 0 spiro atoms. The van der Waals surface area contributed by atoms with Gasteiger partial charge in [-0.25, -0.2) is 8.42 Å². The molecule has 0 atom stereocenters. The maximum atomic E-state index is 13.4. The number of sulfonamides is 1. The summed E-state index contributed by atoms with van der Waals surface area (Å²) in [5.41, 5.74) is 2.98. The zero-order chi connectivity index (χ0) is 26.4. The van der Waals surface area contributed by atoms with E-state index in [1.165, 1.54) is 17.7 Å². The van der Waals surface area contributed by atoms with Crippen LogP contribution in [0.5, 0.6) is 5.75 Å². The second-order valence-corrected chi connectivity index (χ2v) is 11.5. The Labute approximate surface area is 227 Å². The van der Waals surface area contributed by atoms with Gasteiger partial charge in [-0.15, -0.1) is 0 Å². The SMILES string of the molecule is CCCCc1ccc(NS(=O)(=O)c2ccc(Br)c(C(=O)N3CCN(c4ccccc4OC)CC3)c2)cc1. The minimum atomic E-state index is -3.86. The van der Waals surface area contributed by atoms with Gasteiger partial charge >= 0.3 is 0 Å². The van der Waals surface area contributed by atoms with Crippen LogP contribution in [0.2, 0.25) is 0 Å². The van der Waals surface area contributed by atoms with E-state index in [-0.39, 0.29) is 10.8 Å². The summed E-state index contributed by atoms with van der Waals surface area (Å²) >= 11 is 3.44. The van der Waals surface area contributed by atoms with Crippen LogP contribution in [-0.4, -0.2) is 52.5 Å². The highest BCUT2D eigenvalue weighted by atomic mass is 79.9. The van der Waals surface area contributed by atoms with E-state index in [4.69, 9.17) is 4.74 Å². The first kappa shape index (κ1) is 27.0. The van der Waals surface area contributed by atoms with Gasteiger partial charge in [0.25, 0.3) is 15.9 Å². The van der Waals surface area contributed by atoms with E-state index >= 15 is 0 Å². The maximum absolute atomic E-state index is 13.4. The second kappa shape index (κ2) is 12.0. The summed E-state index contributed by atoms with van der Waals surface area (Å²) in [7, 11) is -2.22. The summed E-state index contributed by atoms with van der Waals surface area (Å²) in [5, 5.41) is 0. The van der Waals surface area contributed by atoms with Gasteiger partial charge < -0.3 is 14.5 Å². The van der Waals surface area contributed by atoms with Gasteiger partial charge in [0.15, 0.2) is 0 Å². The summed E-state index contributed by atoms with van der Waals surface area (Å²) < 4.78 is 34.9. The molecule has 1 N–H and O–H groups in total. The number of halogens is 1. The number of hydrogen-bond acceptors (Lipinski definition) is 5. The zero-order valence-corrected chi connectivity index (χ0v) is 23.5. The number of benzene rings is 3. The third-order valence-corrected chi connectivity index (χ3v) is 8.57. The Morgan fingerprint density at radius 1 is 1.00 bits per heavy atom. The highest BCUT2D eigenvalue weighted by molar-refractivity contribution is 9.10. The molecule has 1 fully saturated rings. The van der Waals surface area contributed by atoms with E-state index in [1.54, 1.807) is 30.2 Å². The number of unbranched alkanes of at least 4 members (excludes halogenated alkanes) is 1. The standard InChI is InChI=1S/C28H32BrN3O4S/c1-3-4-7-21-10-12-22(13-11-21)30-37(34,35)23-14-15-25(29)24(20-23)28(33)32-18-16-31(17-19-32)26-8-5-6-9-27(26)36-2/h5-6,8-15,20,30H,3-4,7,16-19H2,1-2H3. The molecule has 0 aliphatic carbocycles. The molecule has 0 unspecified atom stereocenters. The first-order valence-electron chi connectivity index (χ1n) is 12.4. The monoisotopic (exact) mass is 585 g/mol. The van der Waals surface area contributed by atoms with E-state index < -0.39 is 10.0 Å². The van der Waals surface area contributed by atoms with E-state index in [2.05, 4.69) is 32.5 Å². The molecule has 1 aliphatic heterocycles. The Bertz CT molecular complexity index is 1340. The molecule has 0 saturated carbocycles. The minimum Gasteiger partial charge on any atom is -0.495 e. The molecular formula is C28H32BrN3O4S. The third-order valence-electron chi connectivity index (χ3n) is 6.50. The summed E-state index contributed by atoms with van der Waals surface area (Å²) in [6.45, 7) is 4.47. The summed E-state index contributed by atoms with van der Waals surface area (Å²) in [6.07, 6.45) is 3.17. The summed E-state index contributed by atoms with van der Waals surface area (Å²) in [4.78, 5) is 17.4. The number of anilines is 2. The molecule has 1 aliphatic rings. The number of aryl methyl sites for hydroxylation is 1. The lowest BCUT2D eigenvalue weighted by atomic mass is 10.1. The van der Waals surface area contributed by atoms with Crippen LogP contribution in [-0.2, 0) is 16.4 Å². The van der Waals surface area contributed by atoms with Crippen LogP contribution in [0.4, 0.5) is 11.4 Å². The average molecular weight is 587 g/mol. The molecule has 0 aromatic heterocycles. The van der Waals surface area contributed by atoms with Crippen molar-refractivity contribution in [2.75, 3.05) is 42.9 Å². The smallest absolute Gasteiger partial charge is 0.261 e. The van der Waals surface area contributed by atoms with Crippen LogP contribution < -0.4 is 14.4 Å². The number of methoxy groups -OCH3 is 1. The Morgan fingerprint density at radius 2 is 1.70 bits per heavy atom. The van der Waals surface area contributed by atoms with E-state index in [0.717, 1.165) is 30.7 Å². The van der Waals surface area contributed by atoms with Crippen LogP contribution in [0.25, 0.3) is 0 Å². The number of piperazine rings is 1. The number of para-hydroxylation sites is 2. The lowest BCUT2D eigenvalue weighted by Gasteiger charge is -2.36. The maximum Gasteiger partial charge on any atom is 0.261 e. The van der Waals surface area contributed by atoms with E-state index in [0.29, 0.717) is 41.9 Å². The number of carbonyl (C=O) groups excluding carboxylic acids is 1. The number of ether oxygens (including phenoxy) is 1. The summed E-state index contributed by atoms with van der Waals surface area (Å²) in [6, 6.07) is 19.8. The Balaban J connectivity index is 1.46. The number of carbonyl (C=O) groups is 1. The minimum absolute atomic E-state index is 0.0433. The van der Waals surface area contributed by atoms with Gasteiger partial charge in [-0.3, -0.25) is 9.52 Å². The van der Waals surface area contributed by atoms with Gasteiger partial charge in [0.05, 0.1) is 23.3 Å². The van der Waals surface area contributed by atoms with Gasteiger partial charge in [-0.1, -0.05) is 37.6 Å². The second-order valence-electron chi connectivity index (χ2n) is 9.00. The van der Waals surface area contributed by atoms with Gasteiger partial charge in [-0.05, 0) is 76.8 Å². The fraction of sp³-hybridized carbons (Fsp3) is 0.321. The molecule has 0 radical (unpaired) electrons. The van der Waals surface area contributed by atoms with Crippen molar-refractivity contribution in [2.24, 2.45) is 0 Å². The van der Waals surface area contributed by atoms with Crippen molar-refractivity contribution in [3.8, 4) is 5.75 Å². The van der Waals surface area contributed by atoms with E-state index in [1.807, 2.05) is 36.4 Å². The van der Waals surface area contributed by atoms with E-state index in [9.17, 15) is 13.2 Å². The lowest BCUT2D eigenvalue weighted by molar-refractivity contribution is 0.0745. The largest absolute Gasteiger partial charge is 0.495 e. The first-order valence-corrected chi connectivity index (χ1v) is 14.7. The summed E-state index contributed by atoms with van der Waals surface area (Å²) in [5.74, 6) is 0.593. The zero-order valence-electron chi connectivity index (χ0n) is 21.1. The normalized spacial score (nSPS) is 13.9. The molecule has 3 aromatic carbocycles. The van der Waals surface area contributed by atoms with Crippen molar-refractivity contribution in [1.29, 1.82) is 0 Å². The fourth-order valence-electron chi connectivity index (χ4n) is 4.38. The van der Waals surface area contributed by atoms with Crippen molar-refractivity contribution in [2.45, 2.75) is 31.1 Å². The van der Waals surface area contributed by atoms with Gasteiger partial charge in [-0.2, -0.15) is 0 Å². The topological polar surface area (TPSA) is 79.0 Å². The number of nitrogens with zero attached hydrogens (tertiary/aromatic N) is 2. The molecule has 1 saturated heterocycles. The van der Waals surface area contributed by atoms with Crippen LogP contribution in [0, 0.1) is 0 Å². The fourth-order valence-corrected chi connectivity index (χ4v) is 5.88. The van der Waals surface area contributed by atoms with Crippen molar-refractivity contribution >= 4 is 43.2 Å². The molecule has 196 valence electrons. The third kappa shape index (κ3) is 6.45. The highest BCUT2D eigenvalue weighted by Crippen LogP contribution is 2.29. The van der Waals surface area contributed by atoms with Crippen LogP contribution in [0.1, 0.15) is 35.7 Å². The van der Waals surface area contributed by atoms with Crippen molar-refractivity contribution in [3.63, 3.8) is 0 Å². The average Bonchev–Trinajstić information content (AvgIpc) is 2.92. The van der Waals surface area contributed by atoms with Gasteiger partial charge in [0.2, 0.25) is 0 Å². The van der Waals surface area contributed by atoms with Gasteiger partial charge in [0.1, 0.15) is 5.75 Å². The predicted molar refractivity (Wildman–Crippen MR) is 151 cm³/mol. The quantitative estimate of drug-likeness (QED) is 0.355. The Hall–Kier alpha value is -3.04. The Kier molecular flexibility index (Phi) is 8.76. The number of amides is 1. The van der Waals surface area contributed by atoms with Gasteiger partial charge in [0, 0.05) is 36.3 Å². The highest BCUT2D eigenvalue weighted by Gasteiger charge is 2.26. The van der Waals surface area contributed by atoms with Crippen LogP contribution in [0.15, 0.2) is 76.1 Å². The molecule has 1 heterocycles. The molecular weight excluding hydrogens is 554 g/mol. The molecule has 37 heavy (non-hydrogen) atoms.